The maximum absolute atomic E-state index is 13.4. The lowest BCUT2D eigenvalue weighted by atomic mass is 9.87. The number of piperidine rings is 1. The van der Waals surface area contributed by atoms with Crippen LogP contribution in [0.3, 0.4) is 0 Å². The molecule has 1 fully saturated rings. The number of amides is 1. The lowest BCUT2D eigenvalue weighted by molar-refractivity contribution is -0.0200. The Hall–Kier alpha value is -3.38. The number of benzene rings is 3. The van der Waals surface area contributed by atoms with E-state index in [0.29, 0.717) is 26.2 Å². The Morgan fingerprint density at radius 3 is 2.47 bits per heavy atom. The molecule has 6 heteroatoms. The van der Waals surface area contributed by atoms with E-state index in [4.69, 9.17) is 9.47 Å². The average molecular weight is 435 g/mol. The molecular formula is C26H26FNO4. The normalized spacial score (nSPS) is 18.3. The predicted molar refractivity (Wildman–Crippen MR) is 119 cm³/mol. The van der Waals surface area contributed by atoms with Gasteiger partial charge in [-0.05, 0) is 47.4 Å². The van der Waals surface area contributed by atoms with Gasteiger partial charge in [0.15, 0.2) is 0 Å². The molecule has 1 heterocycles. The second-order valence-corrected chi connectivity index (χ2v) is 7.95. The molecule has 2 atom stereocenters. The molecule has 0 spiro atoms. The van der Waals surface area contributed by atoms with Crippen LogP contribution >= 0.6 is 0 Å². The highest BCUT2D eigenvalue weighted by molar-refractivity contribution is 5.65. The lowest BCUT2D eigenvalue weighted by Crippen LogP contribution is -2.46. The van der Waals surface area contributed by atoms with Crippen molar-refractivity contribution in [2.24, 2.45) is 0 Å². The molecule has 2 unspecified atom stereocenters. The van der Waals surface area contributed by atoms with Gasteiger partial charge in [-0.2, -0.15) is 0 Å². The van der Waals surface area contributed by atoms with Crippen LogP contribution in [0.25, 0.3) is 0 Å². The van der Waals surface area contributed by atoms with E-state index >= 15 is 0 Å². The average Bonchev–Trinajstić information content (AvgIpc) is 2.83. The molecular weight excluding hydrogens is 409 g/mol. The summed E-state index contributed by atoms with van der Waals surface area (Å²) in [5.74, 6) is 0.464. The van der Waals surface area contributed by atoms with Crippen LogP contribution in [0.5, 0.6) is 5.75 Å². The molecule has 1 aliphatic heterocycles. The van der Waals surface area contributed by atoms with E-state index in [-0.39, 0.29) is 24.4 Å². The third-order valence-electron chi connectivity index (χ3n) is 5.74. The molecule has 1 aliphatic rings. The zero-order chi connectivity index (χ0) is 22.3. The van der Waals surface area contributed by atoms with Crippen molar-refractivity contribution >= 4 is 6.09 Å². The molecule has 3 aromatic rings. The minimum absolute atomic E-state index is 0.00344. The third-order valence-corrected chi connectivity index (χ3v) is 5.74. The summed E-state index contributed by atoms with van der Waals surface area (Å²) in [7, 11) is 0. The molecule has 166 valence electrons. The highest BCUT2D eigenvalue weighted by atomic mass is 19.1. The van der Waals surface area contributed by atoms with E-state index in [1.165, 1.54) is 17.0 Å². The van der Waals surface area contributed by atoms with Crippen molar-refractivity contribution in [2.45, 2.75) is 31.7 Å². The maximum atomic E-state index is 13.4. The van der Waals surface area contributed by atoms with Gasteiger partial charge in [0.05, 0.1) is 19.3 Å². The quantitative estimate of drug-likeness (QED) is 0.536. The van der Waals surface area contributed by atoms with Gasteiger partial charge in [0, 0.05) is 12.5 Å². The number of hydrogen-bond donors (Lipinski definition) is 1. The first-order valence-corrected chi connectivity index (χ1v) is 10.7. The molecule has 0 aliphatic carbocycles. The summed E-state index contributed by atoms with van der Waals surface area (Å²) < 4.78 is 25.5. The zero-order valence-electron chi connectivity index (χ0n) is 17.7. The van der Waals surface area contributed by atoms with Crippen LogP contribution in [0.1, 0.15) is 29.0 Å². The van der Waals surface area contributed by atoms with Crippen molar-refractivity contribution in [3.63, 3.8) is 0 Å². The molecule has 0 bridgehead atoms. The van der Waals surface area contributed by atoms with Crippen molar-refractivity contribution in [2.75, 3.05) is 13.1 Å². The number of likely N-dealkylation sites (tertiary alicyclic amines) is 1. The van der Waals surface area contributed by atoms with Gasteiger partial charge in [-0.15, -0.1) is 0 Å². The SMILES string of the molecule is O=C(O)N1CCC(c2ccc(F)cc2)C(OCc2cccc(OCc3ccccc3)c2)C1. The van der Waals surface area contributed by atoms with Crippen molar-refractivity contribution < 1.29 is 23.8 Å². The molecule has 4 rings (SSSR count). The van der Waals surface area contributed by atoms with E-state index in [1.54, 1.807) is 12.1 Å². The third kappa shape index (κ3) is 5.65. The molecule has 0 aromatic heterocycles. The topological polar surface area (TPSA) is 59.0 Å². The summed E-state index contributed by atoms with van der Waals surface area (Å²) in [5, 5.41) is 9.43. The number of hydrogen-bond acceptors (Lipinski definition) is 3. The summed E-state index contributed by atoms with van der Waals surface area (Å²) >= 11 is 0. The van der Waals surface area contributed by atoms with Gasteiger partial charge in [-0.25, -0.2) is 9.18 Å². The molecule has 32 heavy (non-hydrogen) atoms. The van der Waals surface area contributed by atoms with E-state index in [1.807, 2.05) is 54.6 Å². The number of carboxylic acid groups (broad SMARTS) is 1. The Morgan fingerprint density at radius 1 is 0.969 bits per heavy atom. The smallest absolute Gasteiger partial charge is 0.407 e. The number of halogens is 1. The fourth-order valence-electron chi connectivity index (χ4n) is 4.02. The summed E-state index contributed by atoms with van der Waals surface area (Å²) in [4.78, 5) is 12.9. The maximum Gasteiger partial charge on any atom is 0.407 e. The van der Waals surface area contributed by atoms with Crippen molar-refractivity contribution in [1.82, 2.24) is 4.90 Å². The minimum atomic E-state index is -0.951. The second kappa shape index (κ2) is 10.3. The lowest BCUT2D eigenvalue weighted by Gasteiger charge is -2.37. The van der Waals surface area contributed by atoms with E-state index in [0.717, 1.165) is 22.4 Å². The Morgan fingerprint density at radius 2 is 1.72 bits per heavy atom. The molecule has 3 aromatic carbocycles. The summed E-state index contributed by atoms with van der Waals surface area (Å²) in [6, 6.07) is 24.0. The van der Waals surface area contributed by atoms with Gasteiger partial charge in [0.1, 0.15) is 18.2 Å². The van der Waals surface area contributed by atoms with Gasteiger partial charge < -0.3 is 19.5 Å². The minimum Gasteiger partial charge on any atom is -0.489 e. The van der Waals surface area contributed by atoms with Gasteiger partial charge in [0.2, 0.25) is 0 Å². The van der Waals surface area contributed by atoms with Crippen molar-refractivity contribution in [3.8, 4) is 5.75 Å². The Balaban J connectivity index is 1.42. The first-order valence-electron chi connectivity index (χ1n) is 10.7. The van der Waals surface area contributed by atoms with Gasteiger partial charge in [-0.1, -0.05) is 54.6 Å². The van der Waals surface area contributed by atoms with Crippen LogP contribution in [0.15, 0.2) is 78.9 Å². The zero-order valence-corrected chi connectivity index (χ0v) is 17.7. The van der Waals surface area contributed by atoms with Crippen molar-refractivity contribution in [3.05, 3.63) is 101 Å². The van der Waals surface area contributed by atoms with E-state index in [9.17, 15) is 14.3 Å². The van der Waals surface area contributed by atoms with E-state index in [2.05, 4.69) is 0 Å². The summed E-state index contributed by atoms with van der Waals surface area (Å²) in [5.41, 5.74) is 2.99. The molecule has 1 saturated heterocycles. The first-order chi connectivity index (χ1) is 15.6. The van der Waals surface area contributed by atoms with Crippen LogP contribution in [-0.2, 0) is 18.0 Å². The molecule has 1 amide bonds. The fourth-order valence-corrected chi connectivity index (χ4v) is 4.02. The monoisotopic (exact) mass is 435 g/mol. The largest absolute Gasteiger partial charge is 0.489 e. The van der Waals surface area contributed by atoms with Crippen LogP contribution in [0, 0.1) is 5.82 Å². The van der Waals surface area contributed by atoms with E-state index < -0.39 is 6.09 Å². The Bertz CT molecular complexity index is 1030. The number of carbonyl (C=O) groups is 1. The predicted octanol–water partition coefficient (Wildman–Crippen LogP) is 5.46. The van der Waals surface area contributed by atoms with Crippen molar-refractivity contribution in [1.29, 1.82) is 0 Å². The summed E-state index contributed by atoms with van der Waals surface area (Å²) in [6.07, 6.45) is -0.644. The second-order valence-electron chi connectivity index (χ2n) is 7.95. The van der Waals surface area contributed by atoms with Gasteiger partial charge in [-0.3, -0.25) is 0 Å². The summed E-state index contributed by atoms with van der Waals surface area (Å²) in [6.45, 7) is 1.52. The number of ether oxygens (including phenoxy) is 2. The fraction of sp³-hybridized carbons (Fsp3) is 0.269. The highest BCUT2D eigenvalue weighted by Crippen LogP contribution is 2.31. The number of rotatable bonds is 7. The van der Waals surface area contributed by atoms with Crippen LogP contribution in [0.2, 0.25) is 0 Å². The van der Waals surface area contributed by atoms with Gasteiger partial charge >= 0.3 is 6.09 Å². The highest BCUT2D eigenvalue weighted by Gasteiger charge is 2.33. The first kappa shape index (κ1) is 21.8. The van der Waals surface area contributed by atoms with Gasteiger partial charge in [0.25, 0.3) is 0 Å². The van der Waals surface area contributed by atoms with Crippen LogP contribution in [0.4, 0.5) is 9.18 Å². The molecule has 0 saturated carbocycles. The molecule has 5 nitrogen and oxygen atoms in total. The number of nitrogens with zero attached hydrogens (tertiary/aromatic N) is 1. The Kier molecular flexibility index (Phi) is 7.02. The Labute approximate surface area is 187 Å². The standard InChI is InChI=1S/C26H26FNO4/c27-22-11-9-21(10-12-22)24-13-14-28(26(29)30)16-25(24)32-18-20-7-4-8-23(15-20)31-17-19-5-2-1-3-6-19/h1-12,15,24-25H,13-14,16-18H2,(H,29,30). The van der Waals surface area contributed by atoms with Crippen LogP contribution in [-0.4, -0.2) is 35.3 Å². The van der Waals surface area contributed by atoms with Crippen LogP contribution < -0.4 is 4.74 Å². The molecule has 1 N–H and O–H groups in total. The molecule has 0 radical (unpaired) electrons.